The number of carbonyl (C=O) groups excluding carboxylic acids is 2. The molecule has 3 heterocycles. The molecule has 121 valence electrons. The lowest BCUT2D eigenvalue weighted by molar-refractivity contribution is -0.138. The lowest BCUT2D eigenvalue weighted by Gasteiger charge is -2.33. The molecule has 2 aromatic heterocycles. The number of amides is 2. The van der Waals surface area contributed by atoms with Gasteiger partial charge < -0.3 is 10.6 Å². The predicted molar refractivity (Wildman–Crippen MR) is 94.8 cm³/mol. The van der Waals surface area contributed by atoms with Crippen molar-refractivity contribution >= 4 is 44.7 Å². The average molecular weight is 356 g/mol. The van der Waals surface area contributed by atoms with E-state index in [2.05, 4.69) is 10.4 Å². The third-order valence-corrected chi connectivity index (χ3v) is 6.26. The monoisotopic (exact) mass is 356 g/mol. The minimum absolute atomic E-state index is 0.139. The van der Waals surface area contributed by atoms with Crippen molar-refractivity contribution in [3.8, 4) is 10.6 Å². The number of para-hydroxylation sites is 1. The Labute approximate surface area is 146 Å². The van der Waals surface area contributed by atoms with Gasteiger partial charge in [0.05, 0.1) is 15.6 Å². The Hall–Kier alpha value is -2.25. The molecule has 0 fully saturated rings. The molecular formula is C17H14N3O2S2. The fourth-order valence-electron chi connectivity index (χ4n) is 3.10. The van der Waals surface area contributed by atoms with Gasteiger partial charge in [-0.05, 0) is 24.1 Å². The number of nitrogens with zero attached hydrogens (tertiary/aromatic N) is 2. The predicted octanol–water partition coefficient (Wildman–Crippen LogP) is 2.76. The molecule has 3 aromatic rings. The van der Waals surface area contributed by atoms with Crippen molar-refractivity contribution in [3.05, 3.63) is 40.1 Å². The van der Waals surface area contributed by atoms with E-state index in [1.807, 2.05) is 24.3 Å². The summed E-state index contributed by atoms with van der Waals surface area (Å²) in [5.74, 6) is -0.642. The molecule has 1 aliphatic heterocycles. The molecule has 1 atom stereocenters. The first-order valence-corrected chi connectivity index (χ1v) is 9.15. The van der Waals surface area contributed by atoms with Crippen LogP contribution >= 0.6 is 22.7 Å². The highest BCUT2D eigenvalue weighted by atomic mass is 32.1. The van der Waals surface area contributed by atoms with Gasteiger partial charge in [-0.15, -0.1) is 22.7 Å². The smallest absolute Gasteiger partial charge is 0.245 e. The maximum atomic E-state index is 11.9. The van der Waals surface area contributed by atoms with Crippen LogP contribution in [0.2, 0.25) is 0 Å². The normalized spacial score (nSPS) is 17.0. The first-order valence-electron chi connectivity index (χ1n) is 7.52. The molecule has 0 spiro atoms. The Morgan fingerprint density at radius 2 is 2.17 bits per heavy atom. The third-order valence-electron chi connectivity index (χ3n) is 4.21. The van der Waals surface area contributed by atoms with E-state index in [-0.39, 0.29) is 5.91 Å². The van der Waals surface area contributed by atoms with Gasteiger partial charge in [0.25, 0.3) is 0 Å². The molecule has 0 saturated carbocycles. The van der Waals surface area contributed by atoms with Gasteiger partial charge in [0.1, 0.15) is 11.0 Å². The van der Waals surface area contributed by atoms with Crippen LogP contribution in [0.1, 0.15) is 23.4 Å². The van der Waals surface area contributed by atoms with Gasteiger partial charge in [-0.2, -0.15) is 0 Å². The number of thiophene rings is 1. The van der Waals surface area contributed by atoms with Crippen molar-refractivity contribution in [3.63, 3.8) is 0 Å². The zero-order valence-electron chi connectivity index (χ0n) is 12.9. The molecule has 2 N–H and O–H groups in total. The molecule has 5 nitrogen and oxygen atoms in total. The number of carbonyl (C=O) groups is 2. The summed E-state index contributed by atoms with van der Waals surface area (Å²) in [6, 6.07) is 7.28. The summed E-state index contributed by atoms with van der Waals surface area (Å²) in [6.07, 6.45) is 0.684. The third kappa shape index (κ3) is 2.32. The molecular weight excluding hydrogens is 342 g/mol. The molecule has 0 aliphatic carbocycles. The maximum absolute atomic E-state index is 11.9. The second kappa shape index (κ2) is 5.68. The highest BCUT2D eigenvalue weighted by Gasteiger charge is 2.36. The van der Waals surface area contributed by atoms with Crippen molar-refractivity contribution in [2.75, 3.05) is 6.54 Å². The lowest BCUT2D eigenvalue weighted by atomic mass is 9.97. The molecule has 1 radical (unpaired) electrons. The topological polar surface area (TPSA) is 76.3 Å². The van der Waals surface area contributed by atoms with E-state index in [1.165, 1.54) is 23.2 Å². The fourth-order valence-corrected chi connectivity index (χ4v) is 5.27. The second-order valence-electron chi connectivity index (χ2n) is 5.68. The van der Waals surface area contributed by atoms with E-state index >= 15 is 0 Å². The standard InChI is InChI=1S/C17H14N3O2S2/c1-9(21)20-7-6-10-11(8-23-15(10)14(20)16(18)22)17-19-12-4-2-3-5-13(12)24-17/h2-5,14H,6-7H2,1H3,(H2,18,22). The van der Waals surface area contributed by atoms with Crippen molar-refractivity contribution in [1.82, 2.24) is 9.88 Å². The van der Waals surface area contributed by atoms with Crippen LogP contribution < -0.4 is 5.73 Å². The average Bonchev–Trinajstić information content (AvgIpc) is 3.16. The highest BCUT2D eigenvalue weighted by molar-refractivity contribution is 7.22. The van der Waals surface area contributed by atoms with Gasteiger partial charge in [-0.3, -0.25) is 9.59 Å². The summed E-state index contributed by atoms with van der Waals surface area (Å²) in [4.78, 5) is 30.8. The van der Waals surface area contributed by atoms with Crippen LogP contribution in [0.5, 0.6) is 0 Å². The minimum Gasteiger partial charge on any atom is -0.368 e. The molecule has 1 aliphatic rings. The summed E-state index contributed by atoms with van der Waals surface area (Å²) in [7, 11) is 0. The first kappa shape index (κ1) is 15.3. The van der Waals surface area contributed by atoms with Crippen LogP contribution in [0.3, 0.4) is 0 Å². The van der Waals surface area contributed by atoms with Gasteiger partial charge in [0.15, 0.2) is 0 Å². The van der Waals surface area contributed by atoms with Gasteiger partial charge in [-0.25, -0.2) is 4.98 Å². The Morgan fingerprint density at radius 3 is 2.88 bits per heavy atom. The Morgan fingerprint density at radius 1 is 1.38 bits per heavy atom. The summed E-state index contributed by atoms with van der Waals surface area (Å²) >= 11 is 2.97. The summed E-state index contributed by atoms with van der Waals surface area (Å²) < 4.78 is 1.12. The van der Waals surface area contributed by atoms with Gasteiger partial charge >= 0.3 is 0 Å². The molecule has 0 saturated heterocycles. The minimum atomic E-state index is -0.698. The molecule has 0 bridgehead atoms. The lowest BCUT2D eigenvalue weighted by Crippen LogP contribution is -2.44. The zero-order valence-corrected chi connectivity index (χ0v) is 14.5. The SMILES string of the molecule is CC(=O)N1CCc2c(-c3nc4ccccc4s3)[c]sc2C1C(N)=O. The molecule has 7 heteroatoms. The van der Waals surface area contributed by atoms with E-state index in [9.17, 15) is 9.59 Å². The van der Waals surface area contributed by atoms with Crippen LogP contribution in [0.25, 0.3) is 20.8 Å². The number of rotatable bonds is 2. The van der Waals surface area contributed by atoms with Crippen molar-refractivity contribution < 1.29 is 9.59 Å². The Bertz CT molecular complexity index is 927. The number of hydrogen-bond donors (Lipinski definition) is 1. The quantitative estimate of drug-likeness (QED) is 0.767. The molecule has 1 aromatic carbocycles. The van der Waals surface area contributed by atoms with Crippen LogP contribution in [-0.4, -0.2) is 28.2 Å². The largest absolute Gasteiger partial charge is 0.368 e. The summed E-state index contributed by atoms with van der Waals surface area (Å²) in [5.41, 5.74) is 8.50. The number of benzene rings is 1. The van der Waals surface area contributed by atoms with Crippen LogP contribution in [0.15, 0.2) is 24.3 Å². The molecule has 2 amide bonds. The number of primary amides is 1. The van der Waals surface area contributed by atoms with E-state index in [0.717, 1.165) is 31.2 Å². The van der Waals surface area contributed by atoms with Crippen LogP contribution in [-0.2, 0) is 16.0 Å². The zero-order chi connectivity index (χ0) is 16.8. The maximum Gasteiger partial charge on any atom is 0.245 e. The first-order chi connectivity index (χ1) is 11.6. The van der Waals surface area contributed by atoms with Crippen LogP contribution in [0.4, 0.5) is 0 Å². The van der Waals surface area contributed by atoms with Gasteiger partial charge in [-0.1, -0.05) is 12.1 Å². The molecule has 24 heavy (non-hydrogen) atoms. The van der Waals surface area contributed by atoms with Crippen molar-refractivity contribution in [2.24, 2.45) is 5.73 Å². The van der Waals surface area contributed by atoms with Gasteiger partial charge in [0.2, 0.25) is 11.8 Å². The summed E-state index contributed by atoms with van der Waals surface area (Å²) in [5, 5.41) is 4.18. The molecule has 1 unspecified atom stereocenters. The van der Waals surface area contributed by atoms with Crippen molar-refractivity contribution in [2.45, 2.75) is 19.4 Å². The number of nitrogens with two attached hydrogens (primary N) is 1. The fraction of sp³-hybridized carbons (Fsp3) is 0.235. The Balaban J connectivity index is 1.82. The van der Waals surface area contributed by atoms with Gasteiger partial charge in [0, 0.05) is 23.9 Å². The van der Waals surface area contributed by atoms with E-state index in [4.69, 9.17) is 5.73 Å². The Kier molecular flexibility index (Phi) is 3.62. The van der Waals surface area contributed by atoms with E-state index in [0.29, 0.717) is 13.0 Å². The molecule has 4 rings (SSSR count). The van der Waals surface area contributed by atoms with E-state index in [1.54, 1.807) is 11.3 Å². The number of thiazole rings is 1. The number of hydrogen-bond acceptors (Lipinski definition) is 5. The highest BCUT2D eigenvalue weighted by Crippen LogP contribution is 2.42. The van der Waals surface area contributed by atoms with E-state index < -0.39 is 11.9 Å². The summed E-state index contributed by atoms with van der Waals surface area (Å²) in [6.45, 7) is 1.95. The number of fused-ring (bicyclic) bond motifs is 2. The number of aromatic nitrogens is 1. The van der Waals surface area contributed by atoms with Crippen molar-refractivity contribution in [1.29, 1.82) is 0 Å². The second-order valence-corrected chi connectivity index (χ2v) is 7.55. The van der Waals surface area contributed by atoms with Crippen LogP contribution in [0, 0.1) is 5.38 Å².